The second-order valence-corrected chi connectivity index (χ2v) is 4.92. The Balaban J connectivity index is 2.86. The van der Waals surface area contributed by atoms with Crippen LogP contribution in [0.2, 0.25) is 0 Å². The lowest BCUT2D eigenvalue weighted by molar-refractivity contribution is -0.127. The number of halogens is 1. The fourth-order valence-corrected chi connectivity index (χ4v) is 1.76. The van der Waals surface area contributed by atoms with Crippen molar-refractivity contribution in [2.24, 2.45) is 16.3 Å². The summed E-state index contributed by atoms with van der Waals surface area (Å²) in [4.78, 5) is 12.3. The minimum absolute atomic E-state index is 0.135. The number of carbonyl (C=O) groups is 1. The first kappa shape index (κ1) is 15.9. The molecule has 110 valence electrons. The predicted molar refractivity (Wildman–Crippen MR) is 74.8 cm³/mol. The van der Waals surface area contributed by atoms with Gasteiger partial charge in [0.15, 0.2) is 5.84 Å². The SMILES string of the molecule is CCC(C)(C(=O)NC(C)c1ccc(F)cc1)/C(N)=N/O. The lowest BCUT2D eigenvalue weighted by Gasteiger charge is -2.27. The average Bonchev–Trinajstić information content (AvgIpc) is 2.45. The smallest absolute Gasteiger partial charge is 0.234 e. The van der Waals surface area contributed by atoms with E-state index in [1.165, 1.54) is 12.1 Å². The number of benzene rings is 1. The van der Waals surface area contributed by atoms with Crippen LogP contribution >= 0.6 is 0 Å². The van der Waals surface area contributed by atoms with Gasteiger partial charge in [0.25, 0.3) is 0 Å². The van der Waals surface area contributed by atoms with Crippen LogP contribution in [0.4, 0.5) is 4.39 Å². The van der Waals surface area contributed by atoms with Crippen LogP contribution in [-0.4, -0.2) is 17.0 Å². The van der Waals surface area contributed by atoms with Crippen LogP contribution in [0.15, 0.2) is 29.4 Å². The first-order chi connectivity index (χ1) is 9.35. The molecule has 0 radical (unpaired) electrons. The van der Waals surface area contributed by atoms with Gasteiger partial charge in [0, 0.05) is 0 Å². The number of oxime groups is 1. The minimum atomic E-state index is -1.08. The highest BCUT2D eigenvalue weighted by Crippen LogP contribution is 2.23. The quantitative estimate of drug-likeness (QED) is 0.334. The maximum Gasteiger partial charge on any atom is 0.234 e. The molecule has 1 aromatic carbocycles. The molecule has 0 bridgehead atoms. The highest BCUT2D eigenvalue weighted by molar-refractivity contribution is 6.06. The van der Waals surface area contributed by atoms with E-state index in [-0.39, 0.29) is 23.6 Å². The maximum atomic E-state index is 12.9. The number of amidine groups is 1. The van der Waals surface area contributed by atoms with Gasteiger partial charge in [-0.2, -0.15) is 0 Å². The van der Waals surface area contributed by atoms with E-state index in [1.54, 1.807) is 32.9 Å². The van der Waals surface area contributed by atoms with Gasteiger partial charge in [-0.05, 0) is 38.0 Å². The number of hydrogen-bond donors (Lipinski definition) is 3. The van der Waals surface area contributed by atoms with Gasteiger partial charge in [-0.1, -0.05) is 24.2 Å². The van der Waals surface area contributed by atoms with Gasteiger partial charge in [0.1, 0.15) is 11.2 Å². The summed E-state index contributed by atoms with van der Waals surface area (Å²) in [6.45, 7) is 5.17. The summed E-state index contributed by atoms with van der Waals surface area (Å²) in [5, 5.41) is 14.5. The number of carbonyl (C=O) groups excluding carboxylic acids is 1. The second-order valence-electron chi connectivity index (χ2n) is 4.92. The molecule has 4 N–H and O–H groups in total. The van der Waals surface area contributed by atoms with Gasteiger partial charge < -0.3 is 16.3 Å². The summed E-state index contributed by atoms with van der Waals surface area (Å²) >= 11 is 0. The zero-order chi connectivity index (χ0) is 15.3. The van der Waals surface area contributed by atoms with E-state index >= 15 is 0 Å². The Bertz CT molecular complexity index is 502. The van der Waals surface area contributed by atoms with Crippen LogP contribution in [-0.2, 0) is 4.79 Å². The van der Waals surface area contributed by atoms with E-state index in [0.717, 1.165) is 5.56 Å². The van der Waals surface area contributed by atoms with Crippen molar-refractivity contribution in [2.75, 3.05) is 0 Å². The van der Waals surface area contributed by atoms with Gasteiger partial charge in [0.05, 0.1) is 6.04 Å². The molecule has 5 nitrogen and oxygen atoms in total. The molecular weight excluding hydrogens is 261 g/mol. The average molecular weight is 281 g/mol. The molecule has 1 rings (SSSR count). The Morgan fingerprint density at radius 1 is 1.50 bits per heavy atom. The zero-order valence-electron chi connectivity index (χ0n) is 11.9. The van der Waals surface area contributed by atoms with E-state index in [9.17, 15) is 9.18 Å². The molecule has 0 aromatic heterocycles. The summed E-state index contributed by atoms with van der Waals surface area (Å²) in [6.07, 6.45) is 0.394. The second kappa shape index (κ2) is 6.36. The van der Waals surface area contributed by atoms with Crippen LogP contribution in [0.3, 0.4) is 0 Å². The molecule has 0 fully saturated rings. The van der Waals surface area contributed by atoms with Gasteiger partial charge in [0.2, 0.25) is 5.91 Å². The number of rotatable bonds is 5. The molecule has 1 aromatic rings. The number of nitrogens with zero attached hydrogens (tertiary/aromatic N) is 1. The van der Waals surface area contributed by atoms with Gasteiger partial charge in [-0.25, -0.2) is 4.39 Å². The fourth-order valence-electron chi connectivity index (χ4n) is 1.76. The van der Waals surface area contributed by atoms with Gasteiger partial charge in [-0.15, -0.1) is 0 Å². The number of nitrogens with one attached hydrogen (secondary N) is 1. The largest absolute Gasteiger partial charge is 0.409 e. The molecular formula is C14H20FN3O2. The van der Waals surface area contributed by atoms with Crippen LogP contribution in [0.1, 0.15) is 38.8 Å². The molecule has 0 saturated heterocycles. The number of hydrogen-bond acceptors (Lipinski definition) is 3. The topological polar surface area (TPSA) is 87.7 Å². The normalized spacial score (nSPS) is 16.3. The van der Waals surface area contributed by atoms with E-state index in [4.69, 9.17) is 10.9 Å². The summed E-state index contributed by atoms with van der Waals surface area (Å²) in [6, 6.07) is 5.57. The highest BCUT2D eigenvalue weighted by Gasteiger charge is 2.37. The van der Waals surface area contributed by atoms with Crippen LogP contribution in [0.25, 0.3) is 0 Å². The molecule has 2 atom stereocenters. The van der Waals surface area contributed by atoms with Crippen molar-refractivity contribution in [2.45, 2.75) is 33.2 Å². The summed E-state index contributed by atoms with van der Waals surface area (Å²) < 4.78 is 12.9. The molecule has 1 amide bonds. The van der Waals surface area contributed by atoms with E-state index in [0.29, 0.717) is 6.42 Å². The van der Waals surface area contributed by atoms with Crippen molar-refractivity contribution in [1.29, 1.82) is 0 Å². The molecule has 0 aliphatic rings. The van der Waals surface area contributed by atoms with Crippen molar-refractivity contribution in [3.05, 3.63) is 35.6 Å². The summed E-state index contributed by atoms with van der Waals surface area (Å²) in [5.74, 6) is -0.807. The van der Waals surface area contributed by atoms with Crippen LogP contribution in [0.5, 0.6) is 0 Å². The Kier molecular flexibility index (Phi) is 5.07. The molecule has 6 heteroatoms. The highest BCUT2D eigenvalue weighted by atomic mass is 19.1. The molecule has 0 heterocycles. The minimum Gasteiger partial charge on any atom is -0.409 e. The summed E-state index contributed by atoms with van der Waals surface area (Å²) in [5.41, 5.74) is 5.28. The molecule has 2 unspecified atom stereocenters. The van der Waals surface area contributed by atoms with Gasteiger partial charge in [-0.3, -0.25) is 4.79 Å². The molecule has 0 saturated carbocycles. The molecule has 0 aliphatic heterocycles. The monoisotopic (exact) mass is 281 g/mol. The summed E-state index contributed by atoms with van der Waals surface area (Å²) in [7, 11) is 0. The number of amides is 1. The third-order valence-corrected chi connectivity index (χ3v) is 3.60. The Morgan fingerprint density at radius 2 is 2.05 bits per heavy atom. The third kappa shape index (κ3) is 3.26. The van der Waals surface area contributed by atoms with E-state index in [1.807, 2.05) is 0 Å². The van der Waals surface area contributed by atoms with Crippen molar-refractivity contribution in [3.63, 3.8) is 0 Å². The van der Waals surface area contributed by atoms with Crippen molar-refractivity contribution < 1.29 is 14.4 Å². The van der Waals surface area contributed by atoms with Crippen molar-refractivity contribution >= 4 is 11.7 Å². The third-order valence-electron chi connectivity index (χ3n) is 3.60. The molecule has 0 aliphatic carbocycles. The Morgan fingerprint density at radius 3 is 2.50 bits per heavy atom. The van der Waals surface area contributed by atoms with E-state index in [2.05, 4.69) is 10.5 Å². The standard InChI is InChI=1S/C14H20FN3O2/c1-4-14(3,12(16)18-20)13(19)17-9(2)10-5-7-11(15)8-6-10/h5-9,20H,4H2,1-3H3,(H2,16,18)(H,17,19). The fraction of sp³-hybridized carbons (Fsp3) is 0.429. The maximum absolute atomic E-state index is 12.9. The van der Waals surface area contributed by atoms with Gasteiger partial charge >= 0.3 is 0 Å². The molecule has 0 spiro atoms. The lowest BCUT2D eigenvalue weighted by atomic mass is 9.84. The first-order valence-electron chi connectivity index (χ1n) is 6.39. The predicted octanol–water partition coefficient (Wildman–Crippen LogP) is 2.17. The molecule has 20 heavy (non-hydrogen) atoms. The number of nitrogens with two attached hydrogens (primary N) is 1. The van der Waals surface area contributed by atoms with Crippen LogP contribution < -0.4 is 11.1 Å². The van der Waals surface area contributed by atoms with Crippen molar-refractivity contribution in [3.8, 4) is 0 Å². The zero-order valence-corrected chi connectivity index (χ0v) is 11.9. The van der Waals surface area contributed by atoms with Crippen LogP contribution in [0, 0.1) is 11.2 Å². The lowest BCUT2D eigenvalue weighted by Crippen LogP contribution is -2.48. The van der Waals surface area contributed by atoms with E-state index < -0.39 is 5.41 Å². The Hall–Kier alpha value is -2.11. The van der Waals surface area contributed by atoms with Crippen molar-refractivity contribution in [1.82, 2.24) is 5.32 Å². The first-order valence-corrected chi connectivity index (χ1v) is 6.39. The Labute approximate surface area is 117 Å².